The van der Waals surface area contributed by atoms with E-state index < -0.39 is 0 Å². The molecule has 0 bridgehead atoms. The zero-order chi connectivity index (χ0) is 18.9. The second-order valence-corrected chi connectivity index (χ2v) is 7.62. The first-order valence-corrected chi connectivity index (χ1v) is 10.1. The molecule has 1 fully saturated rings. The standard InChI is InChI=1S/C25H25N3/c1-19(20-9-3-2-4-10-20)26-28-17-15-27(16-18-28)25-23-13-7-5-11-21(23)22-12-6-8-14-24(22)25/h2-14,25H,15-18H2,1H3/b26-19-. The van der Waals surface area contributed by atoms with Crippen molar-refractivity contribution in [2.24, 2.45) is 5.10 Å². The van der Waals surface area contributed by atoms with Gasteiger partial charge in [-0.05, 0) is 34.7 Å². The van der Waals surface area contributed by atoms with Crippen molar-refractivity contribution in [3.05, 3.63) is 95.6 Å². The van der Waals surface area contributed by atoms with Gasteiger partial charge in [0.2, 0.25) is 0 Å². The molecule has 3 heteroatoms. The first-order chi connectivity index (χ1) is 13.8. The Balaban J connectivity index is 1.35. The summed E-state index contributed by atoms with van der Waals surface area (Å²) < 4.78 is 0. The van der Waals surface area contributed by atoms with Gasteiger partial charge in [-0.25, -0.2) is 0 Å². The summed E-state index contributed by atoms with van der Waals surface area (Å²) >= 11 is 0. The zero-order valence-corrected chi connectivity index (χ0v) is 16.3. The fourth-order valence-electron chi connectivity index (χ4n) is 4.54. The van der Waals surface area contributed by atoms with Crippen molar-refractivity contribution in [2.45, 2.75) is 13.0 Å². The highest BCUT2D eigenvalue weighted by molar-refractivity contribution is 5.98. The molecule has 1 saturated heterocycles. The van der Waals surface area contributed by atoms with Crippen LogP contribution in [0.3, 0.4) is 0 Å². The molecule has 0 spiro atoms. The minimum absolute atomic E-state index is 0.369. The van der Waals surface area contributed by atoms with Crippen molar-refractivity contribution in [3.8, 4) is 11.1 Å². The van der Waals surface area contributed by atoms with Gasteiger partial charge in [-0.2, -0.15) is 5.10 Å². The molecule has 5 rings (SSSR count). The van der Waals surface area contributed by atoms with Gasteiger partial charge in [0.15, 0.2) is 0 Å². The van der Waals surface area contributed by atoms with E-state index in [1.165, 1.54) is 27.8 Å². The van der Waals surface area contributed by atoms with Crippen LogP contribution in [0.25, 0.3) is 11.1 Å². The zero-order valence-electron chi connectivity index (χ0n) is 16.3. The summed E-state index contributed by atoms with van der Waals surface area (Å²) in [4.78, 5) is 2.62. The van der Waals surface area contributed by atoms with Crippen LogP contribution in [0.15, 0.2) is 84.0 Å². The number of benzene rings is 3. The van der Waals surface area contributed by atoms with E-state index in [2.05, 4.69) is 89.6 Å². The maximum atomic E-state index is 4.88. The Morgan fingerprint density at radius 2 is 1.25 bits per heavy atom. The van der Waals surface area contributed by atoms with Gasteiger partial charge in [-0.1, -0.05) is 78.9 Å². The lowest BCUT2D eigenvalue weighted by molar-refractivity contribution is 0.114. The second-order valence-electron chi connectivity index (χ2n) is 7.62. The lowest BCUT2D eigenvalue weighted by Crippen LogP contribution is -2.45. The number of rotatable bonds is 3. The first-order valence-electron chi connectivity index (χ1n) is 10.1. The van der Waals surface area contributed by atoms with E-state index in [0.717, 1.165) is 31.9 Å². The van der Waals surface area contributed by atoms with Gasteiger partial charge in [0.25, 0.3) is 0 Å². The highest BCUT2D eigenvalue weighted by atomic mass is 15.5. The Morgan fingerprint density at radius 3 is 1.86 bits per heavy atom. The molecule has 1 aliphatic heterocycles. The maximum Gasteiger partial charge on any atom is 0.0646 e. The Hall–Kier alpha value is -2.91. The van der Waals surface area contributed by atoms with E-state index in [9.17, 15) is 0 Å². The van der Waals surface area contributed by atoms with Crippen LogP contribution in [0.2, 0.25) is 0 Å². The van der Waals surface area contributed by atoms with Crippen LogP contribution in [0.5, 0.6) is 0 Å². The molecule has 3 aromatic rings. The molecule has 0 amide bonds. The summed E-state index contributed by atoms with van der Waals surface area (Å²) in [6, 6.07) is 28.6. The molecule has 140 valence electrons. The lowest BCUT2D eigenvalue weighted by Gasteiger charge is -2.37. The van der Waals surface area contributed by atoms with Crippen LogP contribution in [-0.2, 0) is 0 Å². The van der Waals surface area contributed by atoms with E-state index in [1.54, 1.807) is 0 Å². The smallest absolute Gasteiger partial charge is 0.0646 e. The number of hydrogen-bond acceptors (Lipinski definition) is 3. The average molecular weight is 367 g/mol. The maximum absolute atomic E-state index is 4.88. The topological polar surface area (TPSA) is 18.8 Å². The number of hydrogen-bond donors (Lipinski definition) is 0. The van der Waals surface area contributed by atoms with Crippen LogP contribution < -0.4 is 0 Å². The van der Waals surface area contributed by atoms with Crippen molar-refractivity contribution < 1.29 is 0 Å². The highest BCUT2D eigenvalue weighted by Crippen LogP contribution is 2.46. The number of fused-ring (bicyclic) bond motifs is 3. The average Bonchev–Trinajstić information content (AvgIpc) is 3.09. The number of nitrogens with zero attached hydrogens (tertiary/aromatic N) is 3. The van der Waals surface area contributed by atoms with Gasteiger partial charge in [-0.15, -0.1) is 0 Å². The minimum Gasteiger partial charge on any atom is -0.294 e. The van der Waals surface area contributed by atoms with Gasteiger partial charge in [0, 0.05) is 26.2 Å². The van der Waals surface area contributed by atoms with Gasteiger partial charge in [0.05, 0.1) is 11.8 Å². The first kappa shape index (κ1) is 17.2. The third-order valence-electron chi connectivity index (χ3n) is 5.94. The molecular formula is C25H25N3. The van der Waals surface area contributed by atoms with Crippen molar-refractivity contribution in [1.82, 2.24) is 9.91 Å². The van der Waals surface area contributed by atoms with Crippen LogP contribution in [0, 0.1) is 0 Å². The van der Waals surface area contributed by atoms with E-state index in [0.29, 0.717) is 6.04 Å². The summed E-state index contributed by atoms with van der Waals surface area (Å²) in [5.41, 5.74) is 7.96. The van der Waals surface area contributed by atoms with Crippen molar-refractivity contribution in [2.75, 3.05) is 26.2 Å². The largest absolute Gasteiger partial charge is 0.294 e. The summed E-state index contributed by atoms with van der Waals surface area (Å²) in [5.74, 6) is 0. The van der Waals surface area contributed by atoms with E-state index in [-0.39, 0.29) is 0 Å². The van der Waals surface area contributed by atoms with E-state index in [4.69, 9.17) is 5.10 Å². The van der Waals surface area contributed by atoms with Crippen LogP contribution in [0.4, 0.5) is 0 Å². The van der Waals surface area contributed by atoms with Gasteiger partial charge in [0.1, 0.15) is 0 Å². The summed E-state index contributed by atoms with van der Waals surface area (Å²) in [5, 5.41) is 7.11. The van der Waals surface area contributed by atoms with Crippen molar-refractivity contribution in [3.63, 3.8) is 0 Å². The predicted molar refractivity (Wildman–Crippen MR) is 116 cm³/mol. The molecular weight excluding hydrogens is 342 g/mol. The molecule has 1 heterocycles. The van der Waals surface area contributed by atoms with Crippen LogP contribution in [-0.4, -0.2) is 41.8 Å². The third-order valence-corrected chi connectivity index (χ3v) is 5.94. The molecule has 2 aliphatic rings. The molecule has 0 unspecified atom stereocenters. The van der Waals surface area contributed by atoms with Gasteiger partial charge < -0.3 is 0 Å². The second kappa shape index (κ2) is 7.25. The third kappa shape index (κ3) is 3.02. The number of piperazine rings is 1. The molecule has 0 radical (unpaired) electrons. The van der Waals surface area contributed by atoms with Crippen molar-refractivity contribution >= 4 is 5.71 Å². The highest BCUT2D eigenvalue weighted by Gasteiger charge is 2.33. The molecule has 0 aromatic heterocycles. The quantitative estimate of drug-likeness (QED) is 0.619. The minimum atomic E-state index is 0.369. The Kier molecular flexibility index (Phi) is 4.46. The fourth-order valence-corrected chi connectivity index (χ4v) is 4.54. The van der Waals surface area contributed by atoms with E-state index in [1.807, 2.05) is 6.07 Å². The Bertz CT molecular complexity index is 956. The lowest BCUT2D eigenvalue weighted by atomic mass is 10.0. The SMILES string of the molecule is C/C(=N/N1CCN(C2c3ccccc3-c3ccccc32)CC1)c1ccccc1. The Morgan fingerprint density at radius 1 is 0.714 bits per heavy atom. The van der Waals surface area contributed by atoms with Crippen LogP contribution >= 0.6 is 0 Å². The Labute approximate surface area is 166 Å². The molecule has 0 N–H and O–H groups in total. The molecule has 3 aromatic carbocycles. The van der Waals surface area contributed by atoms with Gasteiger partial charge >= 0.3 is 0 Å². The fraction of sp³-hybridized carbons (Fsp3) is 0.240. The van der Waals surface area contributed by atoms with Gasteiger partial charge in [-0.3, -0.25) is 9.91 Å². The summed E-state index contributed by atoms with van der Waals surface area (Å²) in [6.07, 6.45) is 0. The van der Waals surface area contributed by atoms with Crippen LogP contribution in [0.1, 0.15) is 29.7 Å². The molecule has 28 heavy (non-hydrogen) atoms. The molecule has 0 atom stereocenters. The van der Waals surface area contributed by atoms with Crippen molar-refractivity contribution in [1.29, 1.82) is 0 Å². The molecule has 1 aliphatic carbocycles. The number of hydrazone groups is 1. The predicted octanol–water partition coefficient (Wildman–Crippen LogP) is 4.80. The summed E-state index contributed by atoms with van der Waals surface area (Å²) in [7, 11) is 0. The monoisotopic (exact) mass is 367 g/mol. The summed E-state index contributed by atoms with van der Waals surface area (Å²) in [6.45, 7) is 6.08. The molecule has 3 nitrogen and oxygen atoms in total. The molecule has 0 saturated carbocycles. The van der Waals surface area contributed by atoms with E-state index >= 15 is 0 Å². The normalized spacial score (nSPS) is 17.5.